The Labute approximate surface area is 191 Å². The minimum Gasteiger partial charge on any atom is -0.497 e. The second-order valence-electron chi connectivity index (χ2n) is 9.09. The number of benzene rings is 1. The van der Waals surface area contributed by atoms with Gasteiger partial charge >= 0.3 is 0 Å². The average molecular weight is 449 g/mol. The second kappa shape index (κ2) is 7.87. The first-order valence-corrected chi connectivity index (χ1v) is 11.6. The molecule has 2 unspecified atom stereocenters. The first-order chi connectivity index (χ1) is 16.1. The lowest BCUT2D eigenvalue weighted by Gasteiger charge is -2.32. The van der Waals surface area contributed by atoms with Crippen molar-refractivity contribution in [1.29, 1.82) is 0 Å². The van der Waals surface area contributed by atoms with Crippen LogP contribution in [-0.4, -0.2) is 60.8 Å². The van der Waals surface area contributed by atoms with Gasteiger partial charge in [-0.3, -0.25) is 4.68 Å². The van der Waals surface area contributed by atoms with E-state index in [1.54, 1.807) is 11.6 Å². The fourth-order valence-electron chi connectivity index (χ4n) is 5.25. The molecule has 1 aliphatic carbocycles. The Kier molecular flexibility index (Phi) is 4.83. The van der Waals surface area contributed by atoms with Crippen LogP contribution in [0, 0.1) is 0 Å². The third kappa shape index (κ3) is 3.45. The van der Waals surface area contributed by atoms with Crippen LogP contribution in [0.3, 0.4) is 0 Å². The predicted molar refractivity (Wildman–Crippen MR) is 125 cm³/mol. The number of hydrogen-bond acceptors (Lipinski definition) is 8. The molecule has 0 spiro atoms. The van der Waals surface area contributed by atoms with Crippen LogP contribution in [0.4, 0.5) is 11.6 Å². The molecule has 33 heavy (non-hydrogen) atoms. The van der Waals surface area contributed by atoms with Crippen molar-refractivity contribution in [1.82, 2.24) is 29.4 Å². The third-order valence-electron chi connectivity index (χ3n) is 7.04. The molecule has 4 aromatic rings. The van der Waals surface area contributed by atoms with E-state index < -0.39 is 0 Å². The maximum Gasteiger partial charge on any atom is 0.223 e. The van der Waals surface area contributed by atoms with Crippen LogP contribution in [0.1, 0.15) is 49.9 Å². The number of nitrogen functional groups attached to an aromatic ring is 1. The molecule has 0 radical (unpaired) electrons. The number of aromatic nitrogens is 6. The smallest absolute Gasteiger partial charge is 0.223 e. The molecule has 1 aliphatic heterocycles. The molecule has 3 atom stereocenters. The lowest BCUT2D eigenvalue weighted by Crippen LogP contribution is -2.34. The van der Waals surface area contributed by atoms with E-state index >= 15 is 0 Å². The molecule has 172 valence electrons. The number of anilines is 2. The van der Waals surface area contributed by atoms with Crippen LogP contribution >= 0.6 is 0 Å². The molecule has 3 aromatic heterocycles. The number of piperidine rings is 1. The van der Waals surface area contributed by atoms with E-state index in [-0.39, 0.29) is 18.1 Å². The minimum absolute atomic E-state index is 0.0850. The van der Waals surface area contributed by atoms with E-state index in [1.807, 2.05) is 29.1 Å². The Morgan fingerprint density at radius 1 is 1.15 bits per heavy atom. The van der Waals surface area contributed by atoms with Crippen LogP contribution in [-0.2, 0) is 0 Å². The molecule has 10 heteroatoms. The van der Waals surface area contributed by atoms with Gasteiger partial charge in [-0.15, -0.1) is 5.10 Å². The Hall–Kier alpha value is -3.40. The highest BCUT2D eigenvalue weighted by atomic mass is 16.5. The number of fused-ring (bicyclic) bond motifs is 3. The zero-order chi connectivity index (χ0) is 22.5. The molecule has 1 saturated carbocycles. The van der Waals surface area contributed by atoms with Gasteiger partial charge in [-0.1, -0.05) is 0 Å². The highest BCUT2D eigenvalue weighted by molar-refractivity contribution is 5.93. The van der Waals surface area contributed by atoms with E-state index in [4.69, 9.17) is 20.6 Å². The Morgan fingerprint density at radius 2 is 2.06 bits per heavy atom. The highest BCUT2D eigenvalue weighted by Crippen LogP contribution is 2.33. The summed E-state index contributed by atoms with van der Waals surface area (Å²) in [6.07, 6.45) is 8.62. The molecule has 10 nitrogen and oxygen atoms in total. The van der Waals surface area contributed by atoms with Crippen LogP contribution in [0.2, 0.25) is 0 Å². The molecule has 1 aromatic carbocycles. The Morgan fingerprint density at radius 3 is 2.88 bits per heavy atom. The van der Waals surface area contributed by atoms with Crippen molar-refractivity contribution in [2.75, 3.05) is 30.8 Å². The van der Waals surface area contributed by atoms with Crippen molar-refractivity contribution in [3.05, 3.63) is 36.4 Å². The predicted octanol–water partition coefficient (Wildman–Crippen LogP) is 2.53. The molecule has 1 saturated heterocycles. The van der Waals surface area contributed by atoms with Gasteiger partial charge in [-0.25, -0.2) is 9.97 Å². The molecule has 0 amide bonds. The van der Waals surface area contributed by atoms with Gasteiger partial charge in [-0.05, 0) is 44.2 Å². The second-order valence-corrected chi connectivity index (χ2v) is 9.09. The summed E-state index contributed by atoms with van der Waals surface area (Å²) in [6.45, 7) is 1.78. The fraction of sp³-hybridized carbons (Fsp3) is 0.478. The minimum atomic E-state index is -0.303. The van der Waals surface area contributed by atoms with Gasteiger partial charge in [0.1, 0.15) is 5.75 Å². The van der Waals surface area contributed by atoms with Crippen molar-refractivity contribution >= 4 is 28.2 Å². The van der Waals surface area contributed by atoms with E-state index in [9.17, 15) is 5.11 Å². The van der Waals surface area contributed by atoms with E-state index in [0.29, 0.717) is 5.95 Å². The molecular weight excluding hydrogens is 420 g/mol. The summed E-state index contributed by atoms with van der Waals surface area (Å²) in [5.74, 6) is 2.02. The average Bonchev–Trinajstić information content (AvgIpc) is 3.58. The first kappa shape index (κ1) is 20.2. The monoisotopic (exact) mass is 448 g/mol. The van der Waals surface area contributed by atoms with Crippen LogP contribution in [0.15, 0.2) is 30.6 Å². The van der Waals surface area contributed by atoms with Gasteiger partial charge in [0.15, 0.2) is 11.5 Å². The number of hydrogen-bond donors (Lipinski definition) is 2. The quantitative estimate of drug-likeness (QED) is 0.489. The Bertz CT molecular complexity index is 1310. The standard InChI is InChI=1S/C23H28N8O2/c1-33-16-7-8-17-18(10-16)26-23(24)31-22(17)27-21(28-31)14-4-3-9-29(12-14)15-11-25-30(13-15)19-5-2-6-20(19)32/h7-8,10-11,13-14,19-20,32H,2-6,9,12H2,1H3,(H2,24,26)/t14-,19?,20?/m1/s1. The fourth-order valence-corrected chi connectivity index (χ4v) is 5.25. The topological polar surface area (TPSA) is 120 Å². The molecule has 4 heterocycles. The van der Waals surface area contributed by atoms with Crippen molar-refractivity contribution in [3.8, 4) is 5.75 Å². The van der Waals surface area contributed by atoms with Crippen molar-refractivity contribution in [2.45, 2.75) is 50.2 Å². The number of nitrogens with zero attached hydrogens (tertiary/aromatic N) is 7. The zero-order valence-electron chi connectivity index (χ0n) is 18.6. The summed E-state index contributed by atoms with van der Waals surface area (Å²) >= 11 is 0. The third-order valence-corrected chi connectivity index (χ3v) is 7.04. The maximum atomic E-state index is 10.2. The van der Waals surface area contributed by atoms with Gasteiger partial charge in [0.25, 0.3) is 0 Å². The lowest BCUT2D eigenvalue weighted by atomic mass is 9.97. The zero-order valence-corrected chi connectivity index (χ0v) is 18.6. The first-order valence-electron chi connectivity index (χ1n) is 11.6. The summed E-state index contributed by atoms with van der Waals surface area (Å²) in [7, 11) is 1.63. The molecule has 3 N–H and O–H groups in total. The normalized spacial score (nSPS) is 23.6. The van der Waals surface area contributed by atoms with E-state index in [2.05, 4.69) is 21.2 Å². The summed E-state index contributed by atoms with van der Waals surface area (Å²) < 4.78 is 8.90. The van der Waals surface area contributed by atoms with Crippen molar-refractivity contribution in [2.24, 2.45) is 0 Å². The van der Waals surface area contributed by atoms with Crippen LogP contribution in [0.5, 0.6) is 5.75 Å². The number of aliphatic hydroxyl groups excluding tert-OH is 1. The van der Waals surface area contributed by atoms with Gasteiger partial charge in [0.05, 0.1) is 36.7 Å². The number of nitrogens with two attached hydrogens (primary N) is 1. The largest absolute Gasteiger partial charge is 0.497 e. The molecular formula is C23H28N8O2. The summed E-state index contributed by atoms with van der Waals surface area (Å²) in [6, 6.07) is 5.80. The van der Waals surface area contributed by atoms with Crippen LogP contribution in [0.25, 0.3) is 16.6 Å². The van der Waals surface area contributed by atoms with Gasteiger partial charge in [-0.2, -0.15) is 9.61 Å². The number of methoxy groups -OCH3 is 1. The number of rotatable bonds is 4. The summed E-state index contributed by atoms with van der Waals surface area (Å²) in [5, 5.41) is 20.4. The van der Waals surface area contributed by atoms with E-state index in [1.165, 1.54) is 0 Å². The maximum absolute atomic E-state index is 10.2. The van der Waals surface area contributed by atoms with Gasteiger partial charge < -0.3 is 20.5 Å². The summed E-state index contributed by atoms with van der Waals surface area (Å²) in [4.78, 5) is 11.7. The molecule has 6 rings (SSSR count). The number of aliphatic hydroxyl groups is 1. The Balaban J connectivity index is 1.29. The molecule has 2 fully saturated rings. The van der Waals surface area contributed by atoms with Crippen LogP contribution < -0.4 is 15.4 Å². The lowest BCUT2D eigenvalue weighted by molar-refractivity contribution is 0.130. The number of ether oxygens (including phenoxy) is 1. The summed E-state index contributed by atoms with van der Waals surface area (Å²) in [5.41, 5.74) is 8.76. The van der Waals surface area contributed by atoms with Crippen molar-refractivity contribution in [3.63, 3.8) is 0 Å². The SMILES string of the molecule is COc1ccc2c(c1)nc(N)n1nc([C@@H]3CCCN(c4cnn(C5CCCC5O)c4)C3)nc21. The molecule has 0 bridgehead atoms. The highest BCUT2D eigenvalue weighted by Gasteiger charge is 2.30. The van der Waals surface area contributed by atoms with Gasteiger partial charge in [0.2, 0.25) is 5.95 Å². The van der Waals surface area contributed by atoms with Gasteiger partial charge in [0, 0.05) is 36.7 Å². The van der Waals surface area contributed by atoms with Crippen molar-refractivity contribution < 1.29 is 9.84 Å². The van der Waals surface area contributed by atoms with E-state index in [0.717, 1.165) is 79.0 Å². The molecule has 2 aliphatic rings.